The minimum atomic E-state index is -1.13. The molecule has 31 heavy (non-hydrogen) atoms. The van der Waals surface area contributed by atoms with Gasteiger partial charge in [-0.3, -0.25) is 4.79 Å². The summed E-state index contributed by atoms with van der Waals surface area (Å²) in [5, 5.41) is 15.0. The molecule has 0 saturated heterocycles. The number of aliphatic hydroxyl groups is 1. The van der Waals surface area contributed by atoms with Gasteiger partial charge < -0.3 is 20.5 Å². The van der Waals surface area contributed by atoms with Crippen molar-refractivity contribution in [3.63, 3.8) is 0 Å². The molecule has 1 atom stereocenters. The van der Waals surface area contributed by atoms with Crippen molar-refractivity contribution in [2.45, 2.75) is 20.0 Å². The topological polar surface area (TPSA) is 87.7 Å². The molecule has 3 aromatic carbocycles. The Morgan fingerprint density at radius 1 is 0.935 bits per heavy atom. The minimum Gasteiger partial charge on any atom is -0.444 e. The smallest absolute Gasteiger partial charge is 0.341 e. The first kappa shape index (κ1) is 22.1. The number of aliphatic hydroxyl groups excluding tert-OH is 1. The van der Waals surface area contributed by atoms with Gasteiger partial charge in [0.05, 0.1) is 12.2 Å². The van der Waals surface area contributed by atoms with Crippen molar-refractivity contribution < 1.29 is 19.4 Å². The number of ether oxygens (including phenoxy) is 1. The van der Waals surface area contributed by atoms with Crippen molar-refractivity contribution >= 4 is 23.3 Å². The van der Waals surface area contributed by atoms with E-state index >= 15 is 0 Å². The Labute approximate surface area is 181 Å². The highest BCUT2D eigenvalue weighted by atomic mass is 16.5. The average Bonchev–Trinajstić information content (AvgIpc) is 2.79. The number of anilines is 2. The van der Waals surface area contributed by atoms with Crippen LogP contribution in [0.3, 0.4) is 0 Å². The van der Waals surface area contributed by atoms with Crippen LogP contribution in [0, 0.1) is 13.8 Å². The highest BCUT2D eigenvalue weighted by Crippen LogP contribution is 2.25. The molecule has 160 valence electrons. The van der Waals surface area contributed by atoms with Gasteiger partial charge in [0.1, 0.15) is 0 Å². The summed E-state index contributed by atoms with van der Waals surface area (Å²) in [6, 6.07) is 21.5. The van der Waals surface area contributed by atoms with Crippen molar-refractivity contribution in [3.8, 4) is 0 Å². The number of esters is 1. The van der Waals surface area contributed by atoms with Crippen molar-refractivity contribution in [2.75, 3.05) is 23.8 Å². The predicted molar refractivity (Wildman–Crippen MR) is 121 cm³/mol. The molecule has 0 bridgehead atoms. The molecule has 0 fully saturated rings. The normalized spacial score (nSPS) is 11.5. The second kappa shape index (κ2) is 10.4. The van der Waals surface area contributed by atoms with E-state index < -0.39 is 18.0 Å². The lowest BCUT2D eigenvalue weighted by molar-refractivity contribution is -0.125. The first-order chi connectivity index (χ1) is 15.0. The van der Waals surface area contributed by atoms with Crippen LogP contribution in [0.2, 0.25) is 0 Å². The number of rotatable bonds is 8. The third kappa shape index (κ3) is 5.71. The monoisotopic (exact) mass is 418 g/mol. The summed E-state index contributed by atoms with van der Waals surface area (Å²) in [6.45, 7) is 4.07. The van der Waals surface area contributed by atoms with Gasteiger partial charge in [-0.2, -0.15) is 0 Å². The lowest BCUT2D eigenvalue weighted by atomic mass is 10.1. The zero-order valence-electron chi connectivity index (χ0n) is 17.6. The van der Waals surface area contributed by atoms with E-state index in [1.54, 1.807) is 48.5 Å². The summed E-state index contributed by atoms with van der Waals surface area (Å²) >= 11 is 0. The van der Waals surface area contributed by atoms with Gasteiger partial charge in [-0.15, -0.1) is 0 Å². The second-order valence-electron chi connectivity index (χ2n) is 7.20. The quantitative estimate of drug-likeness (QED) is 0.476. The van der Waals surface area contributed by atoms with Crippen LogP contribution in [0.4, 0.5) is 11.4 Å². The van der Waals surface area contributed by atoms with E-state index in [4.69, 9.17) is 9.84 Å². The first-order valence-corrected chi connectivity index (χ1v) is 10.1. The molecule has 3 rings (SSSR count). The number of carbonyl (C=O) groups excluding carboxylic acids is 2. The van der Waals surface area contributed by atoms with Gasteiger partial charge in [0, 0.05) is 23.5 Å². The van der Waals surface area contributed by atoms with Crippen LogP contribution in [-0.4, -0.2) is 30.1 Å². The third-order valence-electron chi connectivity index (χ3n) is 4.79. The van der Waals surface area contributed by atoms with E-state index in [-0.39, 0.29) is 12.2 Å². The Morgan fingerprint density at radius 2 is 1.65 bits per heavy atom. The molecule has 1 amide bonds. The van der Waals surface area contributed by atoms with E-state index in [0.29, 0.717) is 23.5 Å². The van der Waals surface area contributed by atoms with Crippen LogP contribution in [0.5, 0.6) is 0 Å². The molecule has 1 unspecified atom stereocenters. The van der Waals surface area contributed by atoms with Crippen molar-refractivity contribution in [1.82, 2.24) is 0 Å². The maximum absolute atomic E-state index is 13.2. The molecule has 6 heteroatoms. The molecule has 0 aliphatic heterocycles. The van der Waals surface area contributed by atoms with E-state index in [1.807, 2.05) is 38.1 Å². The number of benzene rings is 3. The summed E-state index contributed by atoms with van der Waals surface area (Å²) in [4.78, 5) is 26.1. The fourth-order valence-corrected chi connectivity index (χ4v) is 3.15. The average molecular weight is 418 g/mol. The second-order valence-corrected chi connectivity index (χ2v) is 7.20. The third-order valence-corrected chi connectivity index (χ3v) is 4.79. The van der Waals surface area contributed by atoms with Crippen LogP contribution in [0.25, 0.3) is 0 Å². The number of para-hydroxylation sites is 1. The van der Waals surface area contributed by atoms with E-state index in [1.165, 1.54) is 0 Å². The molecule has 0 aliphatic carbocycles. The van der Waals surface area contributed by atoms with Gasteiger partial charge in [-0.05, 0) is 43.2 Å². The molecule has 0 aliphatic rings. The highest BCUT2D eigenvalue weighted by Gasteiger charge is 2.27. The van der Waals surface area contributed by atoms with Gasteiger partial charge in [0.2, 0.25) is 6.10 Å². The Hall–Kier alpha value is -3.64. The zero-order chi connectivity index (χ0) is 22.2. The van der Waals surface area contributed by atoms with E-state index in [9.17, 15) is 9.59 Å². The molecule has 0 radical (unpaired) electrons. The number of aryl methyl sites for hydroxylation is 2. The molecule has 0 heterocycles. The summed E-state index contributed by atoms with van der Waals surface area (Å²) in [5.74, 6) is -1.07. The summed E-state index contributed by atoms with van der Waals surface area (Å²) in [7, 11) is 0. The summed E-state index contributed by atoms with van der Waals surface area (Å²) in [6.07, 6.45) is -1.13. The molecule has 6 nitrogen and oxygen atoms in total. The Balaban J connectivity index is 1.88. The van der Waals surface area contributed by atoms with Gasteiger partial charge in [0.25, 0.3) is 5.91 Å². The lowest BCUT2D eigenvalue weighted by Gasteiger charge is -2.20. The lowest BCUT2D eigenvalue weighted by Crippen LogP contribution is -2.26. The van der Waals surface area contributed by atoms with Crippen LogP contribution < -0.4 is 10.6 Å². The number of nitrogens with one attached hydrogen (secondary N) is 2. The van der Waals surface area contributed by atoms with Crippen LogP contribution >= 0.6 is 0 Å². The van der Waals surface area contributed by atoms with Gasteiger partial charge in [-0.25, -0.2) is 4.79 Å². The van der Waals surface area contributed by atoms with Gasteiger partial charge in [0.15, 0.2) is 0 Å². The maximum atomic E-state index is 13.2. The zero-order valence-corrected chi connectivity index (χ0v) is 17.6. The van der Waals surface area contributed by atoms with Crippen LogP contribution in [-0.2, 0) is 9.53 Å². The number of carbonyl (C=O) groups is 2. The van der Waals surface area contributed by atoms with Gasteiger partial charge >= 0.3 is 5.97 Å². The SMILES string of the molecule is Cc1ccc(C)c(NC(=O)C(OC(=O)c2ccccc2NCCO)c2ccccc2)c1. The van der Waals surface area contributed by atoms with Crippen molar-refractivity contribution in [1.29, 1.82) is 0 Å². The van der Waals surface area contributed by atoms with Gasteiger partial charge in [-0.1, -0.05) is 54.6 Å². The Kier molecular flexibility index (Phi) is 7.40. The molecule has 0 aromatic heterocycles. The molecule has 3 aromatic rings. The highest BCUT2D eigenvalue weighted by molar-refractivity contribution is 6.00. The Morgan fingerprint density at radius 3 is 2.39 bits per heavy atom. The molecular weight excluding hydrogens is 392 g/mol. The minimum absolute atomic E-state index is 0.0751. The largest absolute Gasteiger partial charge is 0.444 e. The summed E-state index contributed by atoms with van der Waals surface area (Å²) < 4.78 is 5.69. The maximum Gasteiger partial charge on any atom is 0.341 e. The number of amides is 1. The molecule has 0 saturated carbocycles. The van der Waals surface area contributed by atoms with Crippen molar-refractivity contribution in [3.05, 3.63) is 95.1 Å². The standard InChI is InChI=1S/C25H26N2O4/c1-17-12-13-18(2)22(16-17)27-24(29)23(19-8-4-3-5-9-19)31-25(30)20-10-6-7-11-21(20)26-14-15-28/h3-13,16,23,26,28H,14-15H2,1-2H3,(H,27,29). The van der Waals surface area contributed by atoms with Crippen molar-refractivity contribution in [2.24, 2.45) is 0 Å². The predicted octanol–water partition coefficient (Wildman–Crippen LogP) is 4.24. The number of hydrogen-bond donors (Lipinski definition) is 3. The van der Waals surface area contributed by atoms with E-state index in [2.05, 4.69) is 10.6 Å². The molecule has 3 N–H and O–H groups in total. The number of hydrogen-bond acceptors (Lipinski definition) is 5. The fourth-order valence-electron chi connectivity index (χ4n) is 3.15. The first-order valence-electron chi connectivity index (χ1n) is 10.1. The van der Waals surface area contributed by atoms with Crippen LogP contribution in [0.1, 0.15) is 33.2 Å². The molecule has 0 spiro atoms. The Bertz CT molecular complexity index is 1050. The summed E-state index contributed by atoms with van der Waals surface area (Å²) in [5.41, 5.74) is 3.99. The van der Waals surface area contributed by atoms with Crippen LogP contribution in [0.15, 0.2) is 72.8 Å². The van der Waals surface area contributed by atoms with E-state index in [0.717, 1.165) is 11.1 Å². The fraction of sp³-hybridized carbons (Fsp3) is 0.200. The molecular formula is C25H26N2O4.